The zero-order valence-corrected chi connectivity index (χ0v) is 14.6. The second-order valence-electron chi connectivity index (χ2n) is 5.07. The molecule has 1 amide bonds. The molecule has 2 rings (SSSR count). The fraction of sp³-hybridized carbons (Fsp3) is 0.278. The second-order valence-corrected chi connectivity index (χ2v) is 5.95. The van der Waals surface area contributed by atoms with Gasteiger partial charge in [-0.25, -0.2) is 0 Å². The SMILES string of the molecule is COc1cc(OC)cc(C(=O)N[C@@H](C)c2ccc(SC)cc2)c1. The van der Waals surface area contributed by atoms with Crippen molar-refractivity contribution in [3.05, 3.63) is 53.6 Å². The number of rotatable bonds is 6. The second kappa shape index (κ2) is 7.92. The molecule has 0 aliphatic heterocycles. The summed E-state index contributed by atoms with van der Waals surface area (Å²) in [4.78, 5) is 13.7. The summed E-state index contributed by atoms with van der Waals surface area (Å²) in [5.41, 5.74) is 1.57. The molecule has 0 unspecified atom stereocenters. The van der Waals surface area contributed by atoms with E-state index in [0.29, 0.717) is 17.1 Å². The van der Waals surface area contributed by atoms with Gasteiger partial charge in [-0.3, -0.25) is 4.79 Å². The highest BCUT2D eigenvalue weighted by molar-refractivity contribution is 7.98. The van der Waals surface area contributed by atoms with Gasteiger partial charge in [0.1, 0.15) is 11.5 Å². The molecule has 0 heterocycles. The number of thioether (sulfide) groups is 1. The number of hydrogen-bond donors (Lipinski definition) is 1. The first-order chi connectivity index (χ1) is 11.1. The van der Waals surface area contributed by atoms with Crippen LogP contribution in [0.25, 0.3) is 0 Å². The van der Waals surface area contributed by atoms with Crippen molar-refractivity contribution < 1.29 is 14.3 Å². The van der Waals surface area contributed by atoms with Crippen molar-refractivity contribution in [3.8, 4) is 11.5 Å². The van der Waals surface area contributed by atoms with Crippen molar-refractivity contribution in [1.82, 2.24) is 5.32 Å². The van der Waals surface area contributed by atoms with Gasteiger partial charge in [0.25, 0.3) is 5.91 Å². The standard InChI is InChI=1S/C18H21NO3S/c1-12(13-5-7-17(23-4)8-6-13)19-18(20)14-9-15(21-2)11-16(10-14)22-3/h5-12H,1-4H3,(H,19,20)/t12-/m0/s1. The summed E-state index contributed by atoms with van der Waals surface area (Å²) in [6.45, 7) is 1.96. The van der Waals surface area contributed by atoms with Crippen LogP contribution < -0.4 is 14.8 Å². The zero-order valence-electron chi connectivity index (χ0n) is 13.8. The molecular formula is C18H21NO3S. The minimum absolute atomic E-state index is 0.0874. The molecule has 0 fully saturated rings. The van der Waals surface area contributed by atoms with Gasteiger partial charge in [0.2, 0.25) is 0 Å². The molecule has 4 nitrogen and oxygen atoms in total. The highest BCUT2D eigenvalue weighted by atomic mass is 32.2. The van der Waals surface area contributed by atoms with Gasteiger partial charge >= 0.3 is 0 Å². The summed E-state index contributed by atoms with van der Waals surface area (Å²) < 4.78 is 10.4. The first-order valence-corrected chi connectivity index (χ1v) is 8.47. The highest BCUT2D eigenvalue weighted by Gasteiger charge is 2.13. The van der Waals surface area contributed by atoms with Crippen molar-refractivity contribution >= 4 is 17.7 Å². The van der Waals surface area contributed by atoms with Gasteiger partial charge in [0.15, 0.2) is 0 Å². The van der Waals surface area contributed by atoms with E-state index in [1.54, 1.807) is 44.2 Å². The molecule has 122 valence electrons. The van der Waals surface area contributed by atoms with E-state index in [1.807, 2.05) is 25.3 Å². The molecule has 0 radical (unpaired) electrons. The Morgan fingerprint density at radius 3 is 2.09 bits per heavy atom. The third-order valence-electron chi connectivity index (χ3n) is 3.58. The number of methoxy groups -OCH3 is 2. The smallest absolute Gasteiger partial charge is 0.252 e. The van der Waals surface area contributed by atoms with Crippen LogP contribution in [-0.4, -0.2) is 26.4 Å². The Kier molecular flexibility index (Phi) is 5.93. The maximum Gasteiger partial charge on any atom is 0.252 e. The van der Waals surface area contributed by atoms with Gasteiger partial charge in [-0.2, -0.15) is 0 Å². The molecule has 0 saturated carbocycles. The molecule has 5 heteroatoms. The van der Waals surface area contributed by atoms with Crippen molar-refractivity contribution in [2.75, 3.05) is 20.5 Å². The lowest BCUT2D eigenvalue weighted by atomic mass is 10.1. The number of ether oxygens (including phenoxy) is 2. The third kappa shape index (κ3) is 4.42. The number of nitrogens with one attached hydrogen (secondary N) is 1. The molecule has 0 bridgehead atoms. The average molecular weight is 331 g/mol. The predicted molar refractivity (Wildman–Crippen MR) is 93.7 cm³/mol. The molecule has 23 heavy (non-hydrogen) atoms. The molecule has 0 aliphatic carbocycles. The first kappa shape index (κ1) is 17.2. The van der Waals surface area contributed by atoms with Crippen LogP contribution in [-0.2, 0) is 0 Å². The number of carbonyl (C=O) groups is 1. The molecule has 0 aliphatic rings. The number of carbonyl (C=O) groups excluding carboxylic acids is 1. The lowest BCUT2D eigenvalue weighted by Gasteiger charge is -2.15. The quantitative estimate of drug-likeness (QED) is 0.815. The van der Waals surface area contributed by atoms with Crippen molar-refractivity contribution in [1.29, 1.82) is 0 Å². The molecule has 1 N–H and O–H groups in total. The third-order valence-corrected chi connectivity index (χ3v) is 4.32. The van der Waals surface area contributed by atoms with Crippen LogP contribution in [0, 0.1) is 0 Å². The number of amides is 1. The van der Waals surface area contributed by atoms with E-state index in [0.717, 1.165) is 5.56 Å². The topological polar surface area (TPSA) is 47.6 Å². The molecule has 2 aromatic carbocycles. The van der Waals surface area contributed by atoms with Crippen molar-refractivity contribution in [2.24, 2.45) is 0 Å². The van der Waals surface area contributed by atoms with Crippen LogP contribution in [0.15, 0.2) is 47.4 Å². The van der Waals surface area contributed by atoms with Gasteiger partial charge in [-0.15, -0.1) is 11.8 Å². The van der Waals surface area contributed by atoms with Crippen LogP contribution >= 0.6 is 11.8 Å². The lowest BCUT2D eigenvalue weighted by molar-refractivity contribution is 0.0939. The summed E-state index contributed by atoms with van der Waals surface area (Å²) in [6, 6.07) is 13.2. The van der Waals surface area contributed by atoms with Gasteiger partial charge in [0, 0.05) is 16.5 Å². The lowest BCUT2D eigenvalue weighted by Crippen LogP contribution is -2.26. The molecule has 0 aromatic heterocycles. The monoisotopic (exact) mass is 331 g/mol. The van der Waals surface area contributed by atoms with Gasteiger partial charge in [0.05, 0.1) is 20.3 Å². The molecule has 0 spiro atoms. The van der Waals surface area contributed by atoms with Crippen LogP contribution in [0.5, 0.6) is 11.5 Å². The molecule has 1 atom stereocenters. The summed E-state index contributed by atoms with van der Waals surface area (Å²) >= 11 is 1.69. The summed E-state index contributed by atoms with van der Waals surface area (Å²) in [7, 11) is 3.12. The van der Waals surface area contributed by atoms with Gasteiger partial charge < -0.3 is 14.8 Å². The van der Waals surface area contributed by atoms with Gasteiger partial charge in [-0.1, -0.05) is 12.1 Å². The van der Waals surface area contributed by atoms with E-state index in [1.165, 1.54) is 4.90 Å². The minimum atomic E-state index is -0.163. The van der Waals surface area contributed by atoms with E-state index >= 15 is 0 Å². The van der Waals surface area contributed by atoms with E-state index in [-0.39, 0.29) is 11.9 Å². The molecule has 2 aromatic rings. The first-order valence-electron chi connectivity index (χ1n) is 7.25. The fourth-order valence-corrected chi connectivity index (χ4v) is 2.60. The van der Waals surface area contributed by atoms with E-state index in [9.17, 15) is 4.79 Å². The Balaban J connectivity index is 2.14. The minimum Gasteiger partial charge on any atom is -0.497 e. The maximum absolute atomic E-state index is 12.5. The largest absolute Gasteiger partial charge is 0.497 e. The maximum atomic E-state index is 12.5. The Labute approximate surface area is 141 Å². The van der Waals surface area contributed by atoms with E-state index < -0.39 is 0 Å². The Hall–Kier alpha value is -2.14. The van der Waals surface area contributed by atoms with Crippen molar-refractivity contribution in [2.45, 2.75) is 17.9 Å². The van der Waals surface area contributed by atoms with Crippen LogP contribution in [0.2, 0.25) is 0 Å². The summed E-state index contributed by atoms with van der Waals surface area (Å²) in [5.74, 6) is 1.02. The average Bonchev–Trinajstić information content (AvgIpc) is 2.61. The number of hydrogen-bond acceptors (Lipinski definition) is 4. The summed E-state index contributed by atoms with van der Waals surface area (Å²) in [5, 5.41) is 3.00. The zero-order chi connectivity index (χ0) is 16.8. The van der Waals surface area contributed by atoms with Gasteiger partial charge in [-0.05, 0) is 43.0 Å². The molecular weight excluding hydrogens is 310 g/mol. The normalized spacial score (nSPS) is 11.7. The summed E-state index contributed by atoms with van der Waals surface area (Å²) in [6.07, 6.45) is 2.04. The van der Waals surface area contributed by atoms with E-state index in [2.05, 4.69) is 17.4 Å². The van der Waals surface area contributed by atoms with Crippen LogP contribution in [0.3, 0.4) is 0 Å². The van der Waals surface area contributed by atoms with Crippen molar-refractivity contribution in [3.63, 3.8) is 0 Å². The molecule has 0 saturated heterocycles. The van der Waals surface area contributed by atoms with Crippen LogP contribution in [0.4, 0.5) is 0 Å². The highest BCUT2D eigenvalue weighted by Crippen LogP contribution is 2.23. The van der Waals surface area contributed by atoms with E-state index in [4.69, 9.17) is 9.47 Å². The predicted octanol–water partition coefficient (Wildman–Crippen LogP) is 3.92. The Bertz CT molecular complexity index is 648. The Morgan fingerprint density at radius 1 is 1.04 bits per heavy atom. The number of benzene rings is 2. The Morgan fingerprint density at radius 2 is 1.61 bits per heavy atom. The van der Waals surface area contributed by atoms with Crippen LogP contribution in [0.1, 0.15) is 28.9 Å². The fourth-order valence-electron chi connectivity index (χ4n) is 2.19.